The van der Waals surface area contributed by atoms with Crippen LogP contribution in [0.15, 0.2) is 55.1 Å². The average molecular weight is 420 g/mol. The maximum atomic E-state index is 9.20. The van der Waals surface area contributed by atoms with E-state index in [-0.39, 0.29) is 0 Å². The number of imidazole rings is 2. The molecule has 0 radical (unpaired) electrons. The number of fused-ring (bicyclic) bond motifs is 2. The summed E-state index contributed by atoms with van der Waals surface area (Å²) in [6, 6.07) is 13.9. The molecular formula is C25H20N6O. The minimum Gasteiger partial charge on any atom is -0.494 e. The van der Waals surface area contributed by atoms with Gasteiger partial charge in [0.1, 0.15) is 22.6 Å². The monoisotopic (exact) mass is 420 g/mol. The molecule has 0 N–H and O–H groups in total. The van der Waals surface area contributed by atoms with Gasteiger partial charge in [0.2, 0.25) is 0 Å². The Hall–Kier alpha value is -4.18. The van der Waals surface area contributed by atoms with Crippen LogP contribution in [0, 0.1) is 11.3 Å². The zero-order valence-electron chi connectivity index (χ0n) is 17.8. The lowest BCUT2D eigenvalue weighted by atomic mass is 9.98. The Kier molecular flexibility index (Phi) is 4.02. The number of benzene rings is 1. The molecule has 7 nitrogen and oxygen atoms in total. The maximum absolute atomic E-state index is 9.20. The van der Waals surface area contributed by atoms with E-state index in [4.69, 9.17) is 14.7 Å². The number of rotatable bonds is 4. The molecule has 1 aromatic carbocycles. The molecule has 0 amide bonds. The van der Waals surface area contributed by atoms with Crippen LogP contribution in [0.4, 0.5) is 0 Å². The fourth-order valence-electron chi connectivity index (χ4n) is 4.39. The van der Waals surface area contributed by atoms with E-state index >= 15 is 0 Å². The van der Waals surface area contributed by atoms with Crippen molar-refractivity contribution in [1.82, 2.24) is 23.9 Å². The average Bonchev–Trinajstić information content (AvgIpc) is 3.46. The number of hydrogen-bond donors (Lipinski definition) is 0. The highest BCUT2D eigenvalue weighted by molar-refractivity contribution is 5.88. The highest BCUT2D eigenvalue weighted by Gasteiger charge is 2.29. The SMILES string of the molecule is COc1cc(-c2ccc(C#N)cc2)c(-c2cnc3c(c2)nc(C2CC2)n3C)n2cncc12. The van der Waals surface area contributed by atoms with Crippen LogP contribution in [0.5, 0.6) is 5.75 Å². The molecule has 32 heavy (non-hydrogen) atoms. The van der Waals surface area contributed by atoms with Gasteiger partial charge in [0.15, 0.2) is 5.65 Å². The minimum absolute atomic E-state index is 0.549. The molecule has 4 heterocycles. The Morgan fingerprint density at radius 1 is 1.09 bits per heavy atom. The molecule has 0 bridgehead atoms. The molecule has 0 unspecified atom stereocenters. The molecule has 7 heteroatoms. The summed E-state index contributed by atoms with van der Waals surface area (Å²) in [5.74, 6) is 2.39. The Morgan fingerprint density at radius 3 is 2.62 bits per heavy atom. The quantitative estimate of drug-likeness (QED) is 0.421. The van der Waals surface area contributed by atoms with Gasteiger partial charge in [-0.1, -0.05) is 12.1 Å². The van der Waals surface area contributed by atoms with Crippen LogP contribution in [0.1, 0.15) is 30.1 Å². The lowest BCUT2D eigenvalue weighted by Crippen LogP contribution is -1.99. The Bertz CT molecular complexity index is 1530. The molecule has 1 aliphatic carbocycles. The molecular weight excluding hydrogens is 400 g/mol. The van der Waals surface area contributed by atoms with Crippen LogP contribution >= 0.6 is 0 Å². The van der Waals surface area contributed by atoms with Gasteiger partial charge in [0.25, 0.3) is 0 Å². The summed E-state index contributed by atoms with van der Waals surface area (Å²) in [4.78, 5) is 14.0. The van der Waals surface area contributed by atoms with Gasteiger partial charge < -0.3 is 9.30 Å². The van der Waals surface area contributed by atoms with Gasteiger partial charge in [-0.25, -0.2) is 15.0 Å². The van der Waals surface area contributed by atoms with E-state index in [1.165, 1.54) is 12.8 Å². The second-order valence-corrected chi connectivity index (χ2v) is 8.18. The van der Waals surface area contributed by atoms with Gasteiger partial charge in [-0.3, -0.25) is 4.40 Å². The summed E-state index contributed by atoms with van der Waals surface area (Å²) in [6.07, 6.45) is 7.87. The summed E-state index contributed by atoms with van der Waals surface area (Å²) in [7, 11) is 3.70. The summed E-state index contributed by atoms with van der Waals surface area (Å²) < 4.78 is 9.80. The number of nitrogens with zero attached hydrogens (tertiary/aromatic N) is 6. The van der Waals surface area contributed by atoms with Gasteiger partial charge in [-0.2, -0.15) is 5.26 Å². The Morgan fingerprint density at radius 2 is 1.91 bits per heavy atom. The molecule has 0 spiro atoms. The van der Waals surface area contributed by atoms with E-state index in [9.17, 15) is 5.26 Å². The molecule has 5 aromatic rings. The molecule has 0 atom stereocenters. The minimum atomic E-state index is 0.549. The van der Waals surface area contributed by atoms with E-state index in [1.807, 2.05) is 48.0 Å². The smallest absolute Gasteiger partial charge is 0.159 e. The van der Waals surface area contributed by atoms with Crippen LogP contribution in [0.25, 0.3) is 39.1 Å². The van der Waals surface area contributed by atoms with Crippen LogP contribution in [0.3, 0.4) is 0 Å². The first kappa shape index (κ1) is 18.6. The third-order valence-electron chi connectivity index (χ3n) is 6.17. The highest BCUT2D eigenvalue weighted by atomic mass is 16.5. The molecule has 6 rings (SSSR count). The third kappa shape index (κ3) is 2.77. The van der Waals surface area contributed by atoms with Crippen molar-refractivity contribution in [3.8, 4) is 34.2 Å². The summed E-state index contributed by atoms with van der Waals surface area (Å²) in [6.45, 7) is 0. The number of nitriles is 1. The summed E-state index contributed by atoms with van der Waals surface area (Å²) in [5.41, 5.74) is 7.13. The number of hydrogen-bond acceptors (Lipinski definition) is 5. The topological polar surface area (TPSA) is 81.0 Å². The third-order valence-corrected chi connectivity index (χ3v) is 6.17. The predicted octanol–water partition coefficient (Wildman–Crippen LogP) is 4.71. The van der Waals surface area contributed by atoms with E-state index < -0.39 is 0 Å². The van der Waals surface area contributed by atoms with Crippen LogP contribution in [-0.4, -0.2) is 31.0 Å². The summed E-state index contributed by atoms with van der Waals surface area (Å²) >= 11 is 0. The molecule has 0 saturated heterocycles. The van der Waals surface area contributed by atoms with Crippen LogP contribution in [-0.2, 0) is 7.05 Å². The molecule has 1 saturated carbocycles. The first-order chi connectivity index (χ1) is 15.7. The molecule has 1 fully saturated rings. The Balaban J connectivity index is 1.62. The van der Waals surface area contributed by atoms with Gasteiger partial charge in [-0.15, -0.1) is 0 Å². The first-order valence-corrected chi connectivity index (χ1v) is 10.5. The van der Waals surface area contributed by atoms with Gasteiger partial charge in [0, 0.05) is 30.3 Å². The molecule has 156 valence electrons. The van der Waals surface area contributed by atoms with Crippen molar-refractivity contribution in [2.75, 3.05) is 7.11 Å². The van der Waals surface area contributed by atoms with Crippen LogP contribution in [0.2, 0.25) is 0 Å². The number of methoxy groups -OCH3 is 1. The Labute approximate surface area is 184 Å². The fraction of sp³-hybridized carbons (Fsp3) is 0.200. The maximum Gasteiger partial charge on any atom is 0.159 e. The summed E-state index contributed by atoms with van der Waals surface area (Å²) in [5, 5.41) is 9.20. The second kappa shape index (κ2) is 6.92. The zero-order chi connectivity index (χ0) is 21.8. The lowest BCUT2D eigenvalue weighted by molar-refractivity contribution is 0.418. The molecule has 1 aliphatic rings. The first-order valence-electron chi connectivity index (χ1n) is 10.5. The van der Waals surface area contributed by atoms with Crippen molar-refractivity contribution < 1.29 is 4.74 Å². The predicted molar refractivity (Wildman–Crippen MR) is 121 cm³/mol. The van der Waals surface area contributed by atoms with Crippen molar-refractivity contribution in [3.05, 3.63) is 66.5 Å². The standard InChI is InChI=1S/C25H20N6O/c1-30-24(17-7-8-17)29-20-9-18(12-28-25(20)30)23-19(16-5-3-15(11-26)4-6-16)10-22(32-2)21-13-27-14-31(21)23/h3-6,9-10,12-14,17H,7-8H2,1-2H3. The van der Waals surface area contributed by atoms with E-state index in [1.54, 1.807) is 19.6 Å². The van der Waals surface area contributed by atoms with Crippen molar-refractivity contribution in [2.24, 2.45) is 7.05 Å². The van der Waals surface area contributed by atoms with E-state index in [2.05, 4.69) is 21.7 Å². The van der Waals surface area contributed by atoms with Crippen molar-refractivity contribution >= 4 is 16.7 Å². The van der Waals surface area contributed by atoms with Crippen molar-refractivity contribution in [1.29, 1.82) is 5.26 Å². The molecule has 0 aliphatic heterocycles. The molecule has 4 aromatic heterocycles. The fourth-order valence-corrected chi connectivity index (χ4v) is 4.39. The van der Waals surface area contributed by atoms with Gasteiger partial charge in [-0.05, 0) is 42.7 Å². The number of ether oxygens (including phenoxy) is 1. The van der Waals surface area contributed by atoms with Gasteiger partial charge in [0.05, 0.1) is 37.0 Å². The largest absolute Gasteiger partial charge is 0.494 e. The van der Waals surface area contributed by atoms with E-state index in [0.717, 1.165) is 50.6 Å². The lowest BCUT2D eigenvalue weighted by Gasteiger charge is -2.16. The van der Waals surface area contributed by atoms with Crippen molar-refractivity contribution in [3.63, 3.8) is 0 Å². The highest BCUT2D eigenvalue weighted by Crippen LogP contribution is 2.41. The number of aryl methyl sites for hydroxylation is 1. The van der Waals surface area contributed by atoms with Crippen LogP contribution < -0.4 is 4.74 Å². The normalized spacial score (nSPS) is 13.5. The number of aromatic nitrogens is 5. The second-order valence-electron chi connectivity index (χ2n) is 8.18. The van der Waals surface area contributed by atoms with Gasteiger partial charge >= 0.3 is 0 Å². The van der Waals surface area contributed by atoms with E-state index in [0.29, 0.717) is 11.5 Å². The zero-order valence-corrected chi connectivity index (χ0v) is 17.8. The number of pyridine rings is 2. The van der Waals surface area contributed by atoms with Crippen molar-refractivity contribution in [2.45, 2.75) is 18.8 Å².